The second-order valence-corrected chi connectivity index (χ2v) is 7.09. The summed E-state index contributed by atoms with van der Waals surface area (Å²) in [6.45, 7) is 4.40. The highest BCUT2D eigenvalue weighted by Gasteiger charge is 2.39. The molecule has 0 saturated carbocycles. The summed E-state index contributed by atoms with van der Waals surface area (Å²) in [5.41, 5.74) is 0. The van der Waals surface area contributed by atoms with Gasteiger partial charge in [0, 0.05) is 37.8 Å². The third-order valence-corrected chi connectivity index (χ3v) is 5.43. The Morgan fingerprint density at radius 2 is 1.81 bits per heavy atom. The Morgan fingerprint density at radius 3 is 2.56 bits per heavy atom. The van der Waals surface area contributed by atoms with Gasteiger partial charge in [-0.05, 0) is 31.9 Å². The van der Waals surface area contributed by atoms with Gasteiger partial charge in [0.05, 0.1) is 12.4 Å². The molecule has 0 N–H and O–H groups in total. The number of hydrogen-bond acceptors (Lipinski definition) is 5. The van der Waals surface area contributed by atoms with Crippen molar-refractivity contribution in [2.24, 2.45) is 0 Å². The standard InChI is InChI=1S/C19H21F3N4O/c1-12-18-5-3-15(27-14-2-4-16(21)17(22)8-14)11-25(18)6-7-26(12)19-23-9-13(20)10-24-19/h2,4,8-10,12,15,18H,3,5-7,11H2,1H3/t12?,15-,18+/m1/s1. The molecule has 5 nitrogen and oxygen atoms in total. The maximum absolute atomic E-state index is 13.4. The number of aromatic nitrogens is 2. The zero-order chi connectivity index (χ0) is 19.0. The molecule has 1 unspecified atom stereocenters. The van der Waals surface area contributed by atoms with Crippen LogP contribution in [0.1, 0.15) is 19.8 Å². The summed E-state index contributed by atoms with van der Waals surface area (Å²) in [4.78, 5) is 12.7. The number of benzene rings is 1. The second kappa shape index (κ2) is 7.34. The van der Waals surface area contributed by atoms with E-state index >= 15 is 0 Å². The quantitative estimate of drug-likeness (QED) is 0.821. The van der Waals surface area contributed by atoms with Crippen molar-refractivity contribution in [3.63, 3.8) is 0 Å². The van der Waals surface area contributed by atoms with Gasteiger partial charge < -0.3 is 9.64 Å². The van der Waals surface area contributed by atoms with E-state index in [1.54, 1.807) is 0 Å². The predicted octanol–water partition coefficient (Wildman–Crippen LogP) is 3.01. The lowest BCUT2D eigenvalue weighted by atomic mass is 9.92. The van der Waals surface area contributed by atoms with E-state index in [0.29, 0.717) is 17.7 Å². The van der Waals surface area contributed by atoms with Crippen LogP contribution in [-0.2, 0) is 0 Å². The van der Waals surface area contributed by atoms with Crippen LogP contribution in [0.2, 0.25) is 0 Å². The first kappa shape index (κ1) is 18.0. The first-order valence-corrected chi connectivity index (χ1v) is 9.11. The minimum Gasteiger partial charge on any atom is -0.489 e. The zero-order valence-electron chi connectivity index (χ0n) is 15.0. The average molecular weight is 378 g/mol. The monoisotopic (exact) mass is 378 g/mol. The predicted molar refractivity (Wildman–Crippen MR) is 94.2 cm³/mol. The van der Waals surface area contributed by atoms with Gasteiger partial charge in [0.25, 0.3) is 0 Å². The van der Waals surface area contributed by atoms with Crippen LogP contribution in [0.15, 0.2) is 30.6 Å². The Balaban J connectivity index is 1.40. The first-order chi connectivity index (χ1) is 13.0. The van der Waals surface area contributed by atoms with Crippen molar-refractivity contribution in [3.05, 3.63) is 48.0 Å². The molecule has 1 aromatic heterocycles. The van der Waals surface area contributed by atoms with Crippen molar-refractivity contribution in [2.45, 2.75) is 38.0 Å². The molecule has 1 aromatic carbocycles. The van der Waals surface area contributed by atoms with Gasteiger partial charge in [0.2, 0.25) is 5.95 Å². The summed E-state index contributed by atoms with van der Waals surface area (Å²) >= 11 is 0. The number of piperazine rings is 1. The van der Waals surface area contributed by atoms with Gasteiger partial charge >= 0.3 is 0 Å². The fraction of sp³-hybridized carbons (Fsp3) is 0.474. The molecule has 2 aliphatic heterocycles. The minimum atomic E-state index is -0.900. The van der Waals surface area contributed by atoms with Gasteiger partial charge in [-0.15, -0.1) is 0 Å². The summed E-state index contributed by atoms with van der Waals surface area (Å²) < 4.78 is 45.4. The van der Waals surface area contributed by atoms with Crippen molar-refractivity contribution >= 4 is 5.95 Å². The molecular formula is C19H21F3N4O. The van der Waals surface area contributed by atoms with Gasteiger partial charge in [-0.1, -0.05) is 0 Å². The van der Waals surface area contributed by atoms with Crippen LogP contribution in [0.3, 0.4) is 0 Å². The lowest BCUT2D eigenvalue weighted by Crippen LogP contribution is -2.62. The number of rotatable bonds is 3. The molecule has 2 fully saturated rings. The van der Waals surface area contributed by atoms with Crippen LogP contribution >= 0.6 is 0 Å². The van der Waals surface area contributed by atoms with E-state index < -0.39 is 17.5 Å². The maximum Gasteiger partial charge on any atom is 0.225 e. The molecule has 3 heterocycles. The molecule has 0 bridgehead atoms. The lowest BCUT2D eigenvalue weighted by molar-refractivity contribution is 0.0285. The van der Waals surface area contributed by atoms with Crippen LogP contribution in [0.4, 0.5) is 19.1 Å². The third kappa shape index (κ3) is 3.71. The van der Waals surface area contributed by atoms with Gasteiger partial charge in [0.1, 0.15) is 11.9 Å². The number of piperidine rings is 1. The number of halogens is 3. The highest BCUT2D eigenvalue weighted by molar-refractivity contribution is 5.33. The van der Waals surface area contributed by atoms with Crippen molar-refractivity contribution in [1.29, 1.82) is 0 Å². The van der Waals surface area contributed by atoms with E-state index in [1.165, 1.54) is 18.5 Å². The molecule has 4 rings (SSSR count). The molecule has 2 aliphatic rings. The van der Waals surface area contributed by atoms with E-state index in [1.807, 2.05) is 0 Å². The highest BCUT2D eigenvalue weighted by atomic mass is 19.2. The SMILES string of the molecule is CC1[C@@H]2CC[C@@H](Oc3ccc(F)c(F)c3)CN2CCN1c1ncc(F)cn1. The summed E-state index contributed by atoms with van der Waals surface area (Å²) in [6, 6.07) is 4.13. The number of ether oxygens (including phenoxy) is 1. The van der Waals surface area contributed by atoms with E-state index in [-0.39, 0.29) is 12.1 Å². The van der Waals surface area contributed by atoms with Gasteiger partial charge in [-0.3, -0.25) is 4.90 Å². The molecule has 8 heteroatoms. The molecule has 27 heavy (non-hydrogen) atoms. The first-order valence-electron chi connectivity index (χ1n) is 9.11. The fourth-order valence-corrected chi connectivity index (χ4v) is 4.05. The largest absolute Gasteiger partial charge is 0.489 e. The lowest BCUT2D eigenvalue weighted by Gasteiger charge is -2.50. The van der Waals surface area contributed by atoms with Crippen molar-refractivity contribution in [2.75, 3.05) is 24.5 Å². The van der Waals surface area contributed by atoms with Crippen LogP contribution in [0.25, 0.3) is 0 Å². The van der Waals surface area contributed by atoms with Crippen molar-refractivity contribution in [3.8, 4) is 5.75 Å². The second-order valence-electron chi connectivity index (χ2n) is 7.09. The smallest absolute Gasteiger partial charge is 0.225 e. The Labute approximate surface area is 155 Å². The van der Waals surface area contributed by atoms with E-state index in [4.69, 9.17) is 4.74 Å². The normalized spacial score (nSPS) is 25.9. The van der Waals surface area contributed by atoms with Crippen molar-refractivity contribution in [1.82, 2.24) is 14.9 Å². The van der Waals surface area contributed by atoms with Crippen LogP contribution < -0.4 is 9.64 Å². The van der Waals surface area contributed by atoms with Gasteiger partial charge in [0.15, 0.2) is 17.5 Å². The van der Waals surface area contributed by atoms with E-state index in [0.717, 1.165) is 44.6 Å². The molecule has 0 amide bonds. The number of hydrogen-bond donors (Lipinski definition) is 0. The molecule has 0 aliphatic carbocycles. The fourth-order valence-electron chi connectivity index (χ4n) is 4.05. The molecule has 2 saturated heterocycles. The molecule has 0 spiro atoms. The van der Waals surface area contributed by atoms with Gasteiger partial charge in [-0.2, -0.15) is 0 Å². The Bertz CT molecular complexity index is 804. The maximum atomic E-state index is 13.4. The molecular weight excluding hydrogens is 357 g/mol. The summed E-state index contributed by atoms with van der Waals surface area (Å²) in [7, 11) is 0. The van der Waals surface area contributed by atoms with Crippen LogP contribution in [-0.4, -0.2) is 52.7 Å². The summed E-state index contributed by atoms with van der Waals surface area (Å²) in [6.07, 6.45) is 4.05. The van der Waals surface area contributed by atoms with E-state index in [9.17, 15) is 13.2 Å². The third-order valence-electron chi connectivity index (χ3n) is 5.43. The molecule has 0 radical (unpaired) electrons. The number of fused-ring (bicyclic) bond motifs is 1. The number of nitrogens with zero attached hydrogens (tertiary/aromatic N) is 4. The summed E-state index contributed by atoms with van der Waals surface area (Å²) in [5, 5.41) is 0. The molecule has 2 aromatic rings. The molecule has 3 atom stereocenters. The van der Waals surface area contributed by atoms with Crippen LogP contribution in [0, 0.1) is 17.5 Å². The van der Waals surface area contributed by atoms with Crippen LogP contribution in [0.5, 0.6) is 5.75 Å². The zero-order valence-corrected chi connectivity index (χ0v) is 15.0. The Hall–Kier alpha value is -2.35. The van der Waals surface area contributed by atoms with Gasteiger partial charge in [-0.25, -0.2) is 23.1 Å². The average Bonchev–Trinajstić information content (AvgIpc) is 2.66. The van der Waals surface area contributed by atoms with Crippen molar-refractivity contribution < 1.29 is 17.9 Å². The summed E-state index contributed by atoms with van der Waals surface area (Å²) in [5.74, 6) is -1.32. The minimum absolute atomic E-state index is 0.0630. The Morgan fingerprint density at radius 1 is 1.04 bits per heavy atom. The topological polar surface area (TPSA) is 41.5 Å². The number of anilines is 1. The van der Waals surface area contributed by atoms with E-state index in [2.05, 4.69) is 26.7 Å². The molecule has 144 valence electrons. The highest BCUT2D eigenvalue weighted by Crippen LogP contribution is 2.30. The Kier molecular flexibility index (Phi) is 4.90.